The van der Waals surface area contributed by atoms with Gasteiger partial charge >= 0.3 is 12.1 Å². The predicted molar refractivity (Wildman–Crippen MR) is 98.7 cm³/mol. The Bertz CT molecular complexity index is 728. The largest absolute Gasteiger partial charge is 0.481 e. The third-order valence-corrected chi connectivity index (χ3v) is 6.14. The summed E-state index contributed by atoms with van der Waals surface area (Å²) < 4.78 is 54.0. The van der Waals surface area contributed by atoms with Gasteiger partial charge in [0.25, 0.3) is 0 Å². The zero-order chi connectivity index (χ0) is 20.7. The van der Waals surface area contributed by atoms with Gasteiger partial charge in [-0.3, -0.25) is 4.79 Å². The van der Waals surface area contributed by atoms with Crippen molar-refractivity contribution in [2.24, 2.45) is 23.2 Å². The lowest BCUT2D eigenvalue weighted by molar-refractivity contribution is -0.206. The molecule has 0 bridgehead atoms. The van der Waals surface area contributed by atoms with Gasteiger partial charge in [-0.1, -0.05) is 32.8 Å². The smallest absolute Gasteiger partial charge is 0.392 e. The fraction of sp³-hybridized carbons (Fsp3) is 0.667. The van der Waals surface area contributed by atoms with E-state index in [0.717, 1.165) is 12.8 Å². The highest BCUT2D eigenvalue weighted by molar-refractivity contribution is 5.71. The molecule has 1 aliphatic heterocycles. The molecule has 1 aromatic carbocycles. The highest BCUT2D eigenvalue weighted by Gasteiger charge is 2.51. The lowest BCUT2D eigenvalue weighted by Gasteiger charge is -2.46. The number of carboxylic acids is 1. The van der Waals surface area contributed by atoms with E-state index < -0.39 is 35.2 Å². The molecule has 2 unspecified atom stereocenters. The first-order valence-electron chi connectivity index (χ1n) is 9.80. The molecule has 0 amide bonds. The molecule has 0 radical (unpaired) electrons. The molecule has 1 saturated carbocycles. The SMILES string of the molecule is CC1(C)CN(c2cc(F)ccc2CC(CC2CC2)C(=O)O)CCC1C(F)(F)F. The Hall–Kier alpha value is -1.79. The van der Waals surface area contributed by atoms with Crippen molar-refractivity contribution in [2.75, 3.05) is 18.0 Å². The molecule has 2 aliphatic rings. The second kappa shape index (κ2) is 7.56. The number of benzene rings is 1. The lowest BCUT2D eigenvalue weighted by Crippen LogP contribution is -2.51. The zero-order valence-electron chi connectivity index (χ0n) is 16.2. The van der Waals surface area contributed by atoms with Crippen LogP contribution in [-0.2, 0) is 11.2 Å². The number of carboxylic acid groups (broad SMARTS) is 1. The van der Waals surface area contributed by atoms with Gasteiger partial charge in [0.1, 0.15) is 5.82 Å². The van der Waals surface area contributed by atoms with Crippen LogP contribution in [-0.4, -0.2) is 30.3 Å². The second-order valence-corrected chi connectivity index (χ2v) is 8.98. The number of halogens is 4. The van der Waals surface area contributed by atoms with Crippen molar-refractivity contribution in [2.45, 2.75) is 52.1 Å². The fourth-order valence-corrected chi connectivity index (χ4v) is 4.47. The molecular weight excluding hydrogens is 374 g/mol. The van der Waals surface area contributed by atoms with Crippen LogP contribution < -0.4 is 4.90 Å². The summed E-state index contributed by atoms with van der Waals surface area (Å²) in [7, 11) is 0. The van der Waals surface area contributed by atoms with Crippen molar-refractivity contribution in [3.05, 3.63) is 29.6 Å². The third kappa shape index (κ3) is 4.78. The number of piperidine rings is 1. The molecule has 1 aromatic rings. The van der Waals surface area contributed by atoms with Crippen molar-refractivity contribution < 1.29 is 27.5 Å². The third-order valence-electron chi connectivity index (χ3n) is 6.14. The summed E-state index contributed by atoms with van der Waals surface area (Å²) in [5.74, 6) is -2.87. The van der Waals surface area contributed by atoms with Crippen LogP contribution in [0.3, 0.4) is 0 Å². The topological polar surface area (TPSA) is 40.5 Å². The Morgan fingerprint density at radius 3 is 2.50 bits per heavy atom. The minimum Gasteiger partial charge on any atom is -0.481 e. The Kier molecular flexibility index (Phi) is 5.65. The molecule has 0 aromatic heterocycles. The number of aliphatic carboxylic acids is 1. The molecule has 28 heavy (non-hydrogen) atoms. The van der Waals surface area contributed by atoms with E-state index in [0.29, 0.717) is 23.6 Å². The summed E-state index contributed by atoms with van der Waals surface area (Å²) in [6, 6.07) is 4.20. The van der Waals surface area contributed by atoms with Gasteiger partial charge in [-0.25, -0.2) is 4.39 Å². The molecule has 2 fully saturated rings. The summed E-state index contributed by atoms with van der Waals surface area (Å²) in [5.41, 5.74) is 0.201. The quantitative estimate of drug-likeness (QED) is 0.659. The maximum absolute atomic E-state index is 14.0. The van der Waals surface area contributed by atoms with Crippen molar-refractivity contribution in [1.82, 2.24) is 0 Å². The van der Waals surface area contributed by atoms with Gasteiger partial charge in [0.2, 0.25) is 0 Å². The van der Waals surface area contributed by atoms with E-state index in [1.54, 1.807) is 24.8 Å². The molecule has 3 rings (SSSR count). The molecule has 7 heteroatoms. The van der Waals surface area contributed by atoms with Crippen LogP contribution in [0.2, 0.25) is 0 Å². The summed E-state index contributed by atoms with van der Waals surface area (Å²) >= 11 is 0. The monoisotopic (exact) mass is 401 g/mol. The number of carbonyl (C=O) groups is 1. The number of nitrogens with zero attached hydrogens (tertiary/aromatic N) is 1. The van der Waals surface area contributed by atoms with Gasteiger partial charge in [0.05, 0.1) is 11.8 Å². The van der Waals surface area contributed by atoms with Gasteiger partial charge in [-0.2, -0.15) is 13.2 Å². The van der Waals surface area contributed by atoms with E-state index in [2.05, 4.69) is 0 Å². The van der Waals surface area contributed by atoms with E-state index in [1.165, 1.54) is 12.1 Å². The Morgan fingerprint density at radius 1 is 1.29 bits per heavy atom. The molecule has 2 atom stereocenters. The van der Waals surface area contributed by atoms with Crippen LogP contribution in [0.4, 0.5) is 23.2 Å². The molecule has 1 saturated heterocycles. The van der Waals surface area contributed by atoms with E-state index in [4.69, 9.17) is 0 Å². The number of hydrogen-bond donors (Lipinski definition) is 1. The fourth-order valence-electron chi connectivity index (χ4n) is 4.47. The zero-order valence-corrected chi connectivity index (χ0v) is 16.2. The summed E-state index contributed by atoms with van der Waals surface area (Å²) in [4.78, 5) is 13.5. The number of hydrogen-bond acceptors (Lipinski definition) is 2. The summed E-state index contributed by atoms with van der Waals surface area (Å²) in [6.45, 7) is 3.49. The van der Waals surface area contributed by atoms with Gasteiger partial charge < -0.3 is 10.0 Å². The lowest BCUT2D eigenvalue weighted by atomic mass is 9.73. The predicted octanol–water partition coefficient (Wildman–Crippen LogP) is 5.28. The van der Waals surface area contributed by atoms with Crippen molar-refractivity contribution in [3.8, 4) is 0 Å². The van der Waals surface area contributed by atoms with Crippen LogP contribution >= 0.6 is 0 Å². The highest BCUT2D eigenvalue weighted by atomic mass is 19.4. The standard InChI is InChI=1S/C21H27F4NO2/c1-20(2)12-26(8-7-18(20)21(23,24)25)17-11-16(22)6-5-14(17)10-15(19(27)28)9-13-3-4-13/h5-6,11,13,15,18H,3-4,7-10,12H2,1-2H3,(H,27,28). The Labute approximate surface area is 162 Å². The van der Waals surface area contributed by atoms with Crippen LogP contribution in [0.5, 0.6) is 0 Å². The molecular formula is C21H27F4NO2. The van der Waals surface area contributed by atoms with E-state index in [9.17, 15) is 27.5 Å². The molecule has 0 spiro atoms. The first-order valence-corrected chi connectivity index (χ1v) is 9.80. The van der Waals surface area contributed by atoms with Gasteiger partial charge in [-0.05, 0) is 48.3 Å². The van der Waals surface area contributed by atoms with Gasteiger partial charge in [-0.15, -0.1) is 0 Å². The molecule has 1 N–H and O–H groups in total. The van der Waals surface area contributed by atoms with Crippen molar-refractivity contribution >= 4 is 11.7 Å². The van der Waals surface area contributed by atoms with Crippen LogP contribution in [0, 0.1) is 29.0 Å². The van der Waals surface area contributed by atoms with Crippen LogP contribution in [0.15, 0.2) is 18.2 Å². The van der Waals surface area contributed by atoms with Crippen LogP contribution in [0.1, 0.15) is 45.1 Å². The molecule has 3 nitrogen and oxygen atoms in total. The van der Waals surface area contributed by atoms with E-state index in [1.807, 2.05) is 0 Å². The second-order valence-electron chi connectivity index (χ2n) is 8.98. The highest BCUT2D eigenvalue weighted by Crippen LogP contribution is 2.46. The van der Waals surface area contributed by atoms with Crippen molar-refractivity contribution in [3.63, 3.8) is 0 Å². The summed E-state index contributed by atoms with van der Waals surface area (Å²) in [5, 5.41) is 9.56. The van der Waals surface area contributed by atoms with Gasteiger partial charge in [0, 0.05) is 18.8 Å². The average molecular weight is 401 g/mol. The molecule has 1 aliphatic carbocycles. The first kappa shape index (κ1) is 20.9. The Balaban J connectivity index is 1.83. The number of rotatable bonds is 6. The maximum Gasteiger partial charge on any atom is 0.392 e. The molecule has 156 valence electrons. The first-order chi connectivity index (χ1) is 13.0. The molecule has 1 heterocycles. The maximum atomic E-state index is 14.0. The van der Waals surface area contributed by atoms with Gasteiger partial charge in [0.15, 0.2) is 0 Å². The Morgan fingerprint density at radius 2 is 1.96 bits per heavy atom. The summed E-state index contributed by atoms with van der Waals surface area (Å²) in [6.07, 6.45) is -1.39. The number of alkyl halides is 3. The van der Waals surface area contributed by atoms with E-state index >= 15 is 0 Å². The average Bonchev–Trinajstić information content (AvgIpc) is 3.37. The number of anilines is 1. The normalized spacial score (nSPS) is 23.5. The minimum atomic E-state index is -4.26. The van der Waals surface area contributed by atoms with Crippen LogP contribution in [0.25, 0.3) is 0 Å². The van der Waals surface area contributed by atoms with E-state index in [-0.39, 0.29) is 25.9 Å². The van der Waals surface area contributed by atoms with Crippen molar-refractivity contribution in [1.29, 1.82) is 0 Å². The minimum absolute atomic E-state index is 0.0586.